The number of anilines is 3. The number of piperazine rings is 1. The molecule has 1 aliphatic rings. The predicted molar refractivity (Wildman–Crippen MR) is 121 cm³/mol. The van der Waals surface area contributed by atoms with Crippen LogP contribution in [0.4, 0.5) is 17.8 Å². The minimum absolute atomic E-state index is 0.101. The molecule has 2 aromatic heterocycles. The standard InChI is InChI=1S/C18H27N11S/c1-5-14-22-17(25-18(23-14)29-8-6-28(4)7-9-29)24-16-20-10-13(11(2)21-16)12(3)26-27-15(19)30/h10H,5-9H2,1-4H3,(H3,19,27,30)(H,20,21,22,23,24,25). The Bertz CT molecular complexity index is 938. The first-order valence-electron chi connectivity index (χ1n) is 9.75. The van der Waals surface area contributed by atoms with Crippen LogP contribution in [-0.4, -0.2) is 73.9 Å². The molecule has 0 aliphatic carbocycles. The number of rotatable bonds is 6. The summed E-state index contributed by atoms with van der Waals surface area (Å²) in [6.45, 7) is 9.44. The number of hydrogen-bond acceptors (Lipinski definition) is 10. The van der Waals surface area contributed by atoms with Crippen LogP contribution >= 0.6 is 12.2 Å². The van der Waals surface area contributed by atoms with Crippen molar-refractivity contribution in [1.82, 2.24) is 35.2 Å². The molecule has 0 radical (unpaired) electrons. The zero-order valence-corrected chi connectivity index (χ0v) is 18.5. The van der Waals surface area contributed by atoms with Crippen molar-refractivity contribution in [1.29, 1.82) is 0 Å². The van der Waals surface area contributed by atoms with E-state index in [-0.39, 0.29) is 5.11 Å². The number of thiocarbonyl (C=S) groups is 1. The lowest BCUT2D eigenvalue weighted by molar-refractivity contribution is 0.311. The van der Waals surface area contributed by atoms with Gasteiger partial charge in [-0.3, -0.25) is 10.7 Å². The van der Waals surface area contributed by atoms with Gasteiger partial charge in [-0.15, -0.1) is 0 Å². The monoisotopic (exact) mass is 429 g/mol. The van der Waals surface area contributed by atoms with Crippen molar-refractivity contribution in [3.63, 3.8) is 0 Å². The summed E-state index contributed by atoms with van der Waals surface area (Å²) in [7, 11) is 2.12. The highest BCUT2D eigenvalue weighted by molar-refractivity contribution is 7.80. The Morgan fingerprint density at radius 2 is 1.90 bits per heavy atom. The van der Waals surface area contributed by atoms with Crippen molar-refractivity contribution < 1.29 is 0 Å². The van der Waals surface area contributed by atoms with Crippen molar-refractivity contribution >= 4 is 40.9 Å². The van der Waals surface area contributed by atoms with Crippen LogP contribution in [0, 0.1) is 6.92 Å². The van der Waals surface area contributed by atoms with Crippen molar-refractivity contribution in [2.45, 2.75) is 27.2 Å². The third-order valence-corrected chi connectivity index (χ3v) is 4.79. The van der Waals surface area contributed by atoms with E-state index in [1.54, 1.807) is 6.20 Å². The maximum absolute atomic E-state index is 5.41. The molecule has 1 saturated heterocycles. The Labute approximate surface area is 181 Å². The second kappa shape index (κ2) is 9.67. The van der Waals surface area contributed by atoms with Crippen LogP contribution < -0.4 is 21.4 Å². The van der Waals surface area contributed by atoms with Crippen molar-refractivity contribution in [2.24, 2.45) is 10.8 Å². The first kappa shape index (κ1) is 21.7. The van der Waals surface area contributed by atoms with E-state index in [0.717, 1.165) is 43.3 Å². The molecule has 0 saturated carbocycles. The summed E-state index contributed by atoms with van der Waals surface area (Å²) in [6.07, 6.45) is 2.40. The summed E-state index contributed by atoms with van der Waals surface area (Å²) in [4.78, 5) is 27.0. The highest BCUT2D eigenvalue weighted by atomic mass is 32.1. The average Bonchev–Trinajstić information content (AvgIpc) is 2.72. The lowest BCUT2D eigenvalue weighted by Gasteiger charge is -2.32. The maximum atomic E-state index is 5.41. The molecule has 4 N–H and O–H groups in total. The van der Waals surface area contributed by atoms with Gasteiger partial charge < -0.3 is 15.5 Å². The fraction of sp³-hybridized carbons (Fsp3) is 0.500. The number of hydrazone groups is 1. The van der Waals surface area contributed by atoms with Crippen molar-refractivity contribution in [2.75, 3.05) is 43.4 Å². The molecule has 3 rings (SSSR count). The first-order chi connectivity index (χ1) is 14.4. The second-order valence-electron chi connectivity index (χ2n) is 7.01. The summed E-state index contributed by atoms with van der Waals surface area (Å²) in [6, 6.07) is 0. The van der Waals surface area contributed by atoms with Crippen LogP contribution in [0.25, 0.3) is 0 Å². The van der Waals surface area contributed by atoms with Gasteiger partial charge in [-0.25, -0.2) is 9.97 Å². The molecule has 11 nitrogen and oxygen atoms in total. The molecule has 0 spiro atoms. The molecule has 0 amide bonds. The number of likely N-dealkylation sites (N-methyl/N-ethyl adjacent to an activating group) is 1. The number of aryl methyl sites for hydroxylation is 2. The van der Waals surface area contributed by atoms with E-state index < -0.39 is 0 Å². The molecule has 1 fully saturated rings. The van der Waals surface area contributed by atoms with Crippen LogP contribution in [0.5, 0.6) is 0 Å². The van der Waals surface area contributed by atoms with Gasteiger partial charge in [-0.1, -0.05) is 6.92 Å². The molecular weight excluding hydrogens is 402 g/mol. The highest BCUT2D eigenvalue weighted by Gasteiger charge is 2.18. The summed E-state index contributed by atoms with van der Waals surface area (Å²) in [5, 5.41) is 7.33. The summed E-state index contributed by atoms with van der Waals surface area (Å²) in [5.41, 5.74) is 10.2. The van der Waals surface area contributed by atoms with Crippen LogP contribution in [0.1, 0.15) is 30.9 Å². The summed E-state index contributed by atoms with van der Waals surface area (Å²) >= 11 is 4.77. The van der Waals surface area contributed by atoms with E-state index in [2.05, 4.69) is 57.6 Å². The molecule has 1 aliphatic heterocycles. The maximum Gasteiger partial charge on any atom is 0.234 e. The van der Waals surface area contributed by atoms with Gasteiger partial charge in [0.05, 0.1) is 11.4 Å². The van der Waals surface area contributed by atoms with Gasteiger partial charge in [0.2, 0.25) is 17.8 Å². The molecular formula is C18H27N11S. The summed E-state index contributed by atoms with van der Waals surface area (Å²) in [5.74, 6) is 2.24. The van der Waals surface area contributed by atoms with Crippen LogP contribution in [0.15, 0.2) is 11.3 Å². The number of nitrogens with two attached hydrogens (primary N) is 1. The summed E-state index contributed by atoms with van der Waals surface area (Å²) < 4.78 is 0. The molecule has 2 aromatic rings. The van der Waals surface area contributed by atoms with Gasteiger partial charge in [0, 0.05) is 44.4 Å². The predicted octanol–water partition coefficient (Wildman–Crippen LogP) is 0.585. The zero-order chi connectivity index (χ0) is 21.7. The Morgan fingerprint density at radius 3 is 2.53 bits per heavy atom. The number of nitrogens with one attached hydrogen (secondary N) is 2. The smallest absolute Gasteiger partial charge is 0.234 e. The largest absolute Gasteiger partial charge is 0.375 e. The Balaban J connectivity index is 1.80. The van der Waals surface area contributed by atoms with Gasteiger partial charge in [0.1, 0.15) is 5.82 Å². The van der Waals surface area contributed by atoms with Gasteiger partial charge in [0.15, 0.2) is 5.11 Å². The Hall–Kier alpha value is -2.99. The van der Waals surface area contributed by atoms with E-state index in [0.29, 0.717) is 30.0 Å². The lowest BCUT2D eigenvalue weighted by atomic mass is 10.2. The topological polar surface area (TPSA) is 133 Å². The van der Waals surface area contributed by atoms with Crippen LogP contribution in [0.2, 0.25) is 0 Å². The second-order valence-corrected chi connectivity index (χ2v) is 7.45. The highest BCUT2D eigenvalue weighted by Crippen LogP contribution is 2.16. The molecule has 12 heteroatoms. The molecule has 160 valence electrons. The molecule has 0 unspecified atom stereocenters. The number of hydrogen-bond donors (Lipinski definition) is 3. The Morgan fingerprint density at radius 1 is 1.17 bits per heavy atom. The minimum atomic E-state index is 0.101. The van der Waals surface area contributed by atoms with Gasteiger partial charge >= 0.3 is 0 Å². The third kappa shape index (κ3) is 5.54. The third-order valence-electron chi connectivity index (χ3n) is 4.70. The van der Waals surface area contributed by atoms with Gasteiger partial charge in [-0.2, -0.15) is 20.1 Å². The first-order valence-corrected chi connectivity index (χ1v) is 10.2. The van der Waals surface area contributed by atoms with Crippen molar-refractivity contribution in [3.8, 4) is 0 Å². The minimum Gasteiger partial charge on any atom is -0.375 e. The van der Waals surface area contributed by atoms with Gasteiger partial charge in [-0.05, 0) is 33.1 Å². The number of aromatic nitrogens is 5. The van der Waals surface area contributed by atoms with Gasteiger partial charge in [0.25, 0.3) is 0 Å². The fourth-order valence-corrected chi connectivity index (χ4v) is 3.00. The number of nitrogens with zero attached hydrogens (tertiary/aromatic N) is 8. The quantitative estimate of drug-likeness (QED) is 0.338. The molecule has 3 heterocycles. The van der Waals surface area contributed by atoms with E-state index in [1.165, 1.54) is 0 Å². The lowest BCUT2D eigenvalue weighted by Crippen LogP contribution is -2.45. The zero-order valence-electron chi connectivity index (χ0n) is 17.7. The molecule has 0 bridgehead atoms. The van der Waals surface area contributed by atoms with E-state index in [1.807, 2.05) is 20.8 Å². The van der Waals surface area contributed by atoms with E-state index in [9.17, 15) is 0 Å². The normalized spacial score (nSPS) is 15.2. The molecule has 0 atom stereocenters. The average molecular weight is 430 g/mol. The van der Waals surface area contributed by atoms with Crippen molar-refractivity contribution in [3.05, 3.63) is 23.3 Å². The molecule has 30 heavy (non-hydrogen) atoms. The molecule has 0 aromatic carbocycles. The van der Waals surface area contributed by atoms with Crippen LogP contribution in [0.3, 0.4) is 0 Å². The van der Waals surface area contributed by atoms with Crippen LogP contribution in [-0.2, 0) is 6.42 Å². The Kier molecular flexibility index (Phi) is 7.00. The fourth-order valence-electron chi connectivity index (χ4n) is 2.95. The van der Waals surface area contributed by atoms with E-state index in [4.69, 9.17) is 18.0 Å². The van der Waals surface area contributed by atoms with E-state index >= 15 is 0 Å². The SMILES string of the molecule is CCc1nc(Nc2ncc(C(C)=NNC(N)=S)c(C)n2)nc(N2CCN(C)CC2)n1.